The number of benzene rings is 1. The minimum Gasteiger partial charge on any atom is -0.329 e. The van der Waals surface area contributed by atoms with Crippen molar-refractivity contribution in [2.45, 2.75) is 19.9 Å². The Morgan fingerprint density at radius 1 is 1.17 bits per heavy atom. The van der Waals surface area contributed by atoms with Crippen molar-refractivity contribution < 1.29 is 8.78 Å². The lowest BCUT2D eigenvalue weighted by Gasteiger charge is -2.09. The molecule has 0 bridgehead atoms. The summed E-state index contributed by atoms with van der Waals surface area (Å²) in [6.07, 6.45) is 3.86. The normalized spacial score (nSPS) is 11.1. The first kappa shape index (κ1) is 19.4. The molecule has 9 heteroatoms. The molecule has 0 radical (unpaired) electrons. The lowest BCUT2D eigenvalue weighted by atomic mass is 10.1. The van der Waals surface area contributed by atoms with Crippen molar-refractivity contribution in [1.82, 2.24) is 24.7 Å². The average molecular weight is 408 g/mol. The lowest BCUT2D eigenvalue weighted by molar-refractivity contribution is 0.146. The summed E-state index contributed by atoms with van der Waals surface area (Å²) in [5.41, 5.74) is 3.79. The summed E-state index contributed by atoms with van der Waals surface area (Å²) < 4.78 is 27.5. The number of halogens is 2. The minimum absolute atomic E-state index is 0.106. The van der Waals surface area contributed by atoms with Crippen LogP contribution in [0.3, 0.4) is 0 Å². The van der Waals surface area contributed by atoms with Gasteiger partial charge in [0.05, 0.1) is 12.7 Å². The SMILES string of the molecule is Cc1cc(Nc2nccc(C(F)F)n2)cc(-c2cnn(Cc3cc[nH]c(=O)c3)c2)c1. The molecule has 0 unspecified atom stereocenters. The molecule has 3 aromatic heterocycles. The molecule has 3 heterocycles. The van der Waals surface area contributed by atoms with E-state index in [1.54, 1.807) is 17.1 Å². The number of hydrogen-bond acceptors (Lipinski definition) is 5. The molecule has 4 aromatic rings. The van der Waals surface area contributed by atoms with E-state index in [1.165, 1.54) is 18.3 Å². The van der Waals surface area contributed by atoms with Crippen LogP contribution in [-0.2, 0) is 6.54 Å². The Morgan fingerprint density at radius 2 is 2.03 bits per heavy atom. The van der Waals surface area contributed by atoms with Crippen LogP contribution in [0.1, 0.15) is 23.2 Å². The van der Waals surface area contributed by atoms with Crippen LogP contribution in [-0.4, -0.2) is 24.7 Å². The first-order valence-electron chi connectivity index (χ1n) is 9.16. The predicted molar refractivity (Wildman–Crippen MR) is 109 cm³/mol. The summed E-state index contributed by atoms with van der Waals surface area (Å²) in [6, 6.07) is 10.3. The Labute approximate surface area is 170 Å². The smallest absolute Gasteiger partial charge is 0.280 e. The minimum atomic E-state index is -2.66. The highest BCUT2D eigenvalue weighted by Crippen LogP contribution is 2.26. The van der Waals surface area contributed by atoms with Gasteiger partial charge in [0.15, 0.2) is 0 Å². The van der Waals surface area contributed by atoms with E-state index >= 15 is 0 Å². The number of aromatic nitrogens is 5. The molecule has 2 N–H and O–H groups in total. The number of H-pyrrole nitrogens is 1. The van der Waals surface area contributed by atoms with Crippen molar-refractivity contribution in [3.05, 3.63) is 88.4 Å². The molecular weight excluding hydrogens is 390 g/mol. The van der Waals surface area contributed by atoms with Crippen LogP contribution in [0.25, 0.3) is 11.1 Å². The summed E-state index contributed by atoms with van der Waals surface area (Å²) in [5, 5.41) is 7.35. The Bertz CT molecular complexity index is 1230. The van der Waals surface area contributed by atoms with Crippen LogP contribution in [0.4, 0.5) is 20.4 Å². The van der Waals surface area contributed by atoms with Crippen LogP contribution in [0.2, 0.25) is 0 Å². The molecule has 0 atom stereocenters. The molecule has 0 aliphatic heterocycles. The van der Waals surface area contributed by atoms with Gasteiger partial charge in [-0.1, -0.05) is 6.07 Å². The molecule has 152 valence electrons. The first-order chi connectivity index (χ1) is 14.5. The highest BCUT2D eigenvalue weighted by molar-refractivity contribution is 5.70. The molecule has 0 saturated heterocycles. The summed E-state index contributed by atoms with van der Waals surface area (Å²) in [7, 11) is 0. The highest BCUT2D eigenvalue weighted by atomic mass is 19.3. The quantitative estimate of drug-likeness (QED) is 0.502. The van der Waals surface area contributed by atoms with Crippen molar-refractivity contribution in [1.29, 1.82) is 0 Å². The van der Waals surface area contributed by atoms with Gasteiger partial charge in [0, 0.05) is 35.9 Å². The van der Waals surface area contributed by atoms with Crippen molar-refractivity contribution in [2.24, 2.45) is 0 Å². The fourth-order valence-electron chi connectivity index (χ4n) is 3.08. The van der Waals surface area contributed by atoms with Gasteiger partial charge in [0.1, 0.15) is 5.69 Å². The third kappa shape index (κ3) is 4.57. The molecule has 4 rings (SSSR count). The Morgan fingerprint density at radius 3 is 2.83 bits per heavy atom. The Hall–Kier alpha value is -3.88. The maximum Gasteiger partial charge on any atom is 0.280 e. The number of anilines is 2. The molecule has 0 saturated carbocycles. The lowest BCUT2D eigenvalue weighted by Crippen LogP contribution is -2.07. The average Bonchev–Trinajstić information content (AvgIpc) is 3.16. The number of alkyl halides is 2. The van der Waals surface area contributed by atoms with E-state index in [-0.39, 0.29) is 17.2 Å². The number of pyridine rings is 1. The summed E-state index contributed by atoms with van der Waals surface area (Å²) in [5.74, 6) is 0.106. The van der Waals surface area contributed by atoms with Gasteiger partial charge in [-0.2, -0.15) is 5.10 Å². The maximum absolute atomic E-state index is 12.9. The third-order valence-electron chi connectivity index (χ3n) is 4.38. The van der Waals surface area contributed by atoms with Crippen molar-refractivity contribution >= 4 is 11.6 Å². The standard InChI is InChI=1S/C21H18F2N6O/c1-13-6-15(9-17(7-13)27-21-25-5-3-18(28-21)20(22)23)16-10-26-29(12-16)11-14-2-4-24-19(30)8-14/h2-10,12,20H,11H2,1H3,(H,24,30)(H,25,27,28). The van der Waals surface area contributed by atoms with Crippen molar-refractivity contribution in [3.63, 3.8) is 0 Å². The number of hydrogen-bond donors (Lipinski definition) is 2. The predicted octanol–water partition coefficient (Wildman–Crippen LogP) is 4.07. The number of nitrogens with one attached hydrogen (secondary N) is 2. The van der Waals surface area contributed by atoms with E-state index in [0.29, 0.717) is 12.2 Å². The van der Waals surface area contributed by atoms with Crippen LogP contribution in [0.5, 0.6) is 0 Å². The molecule has 7 nitrogen and oxygen atoms in total. The number of nitrogens with zero attached hydrogens (tertiary/aromatic N) is 4. The number of aromatic amines is 1. The second-order valence-electron chi connectivity index (χ2n) is 6.81. The van der Waals surface area contributed by atoms with E-state index in [2.05, 4.69) is 25.4 Å². The molecular formula is C21H18F2N6O. The molecule has 0 aliphatic rings. The molecule has 0 aliphatic carbocycles. The summed E-state index contributed by atoms with van der Waals surface area (Å²) in [6.45, 7) is 2.40. The third-order valence-corrected chi connectivity index (χ3v) is 4.38. The highest BCUT2D eigenvalue weighted by Gasteiger charge is 2.11. The van der Waals surface area contributed by atoms with E-state index < -0.39 is 6.43 Å². The molecule has 0 amide bonds. The monoisotopic (exact) mass is 408 g/mol. The maximum atomic E-state index is 12.9. The number of rotatable bonds is 6. The zero-order valence-corrected chi connectivity index (χ0v) is 16.0. The van der Waals surface area contributed by atoms with E-state index in [1.807, 2.05) is 37.4 Å². The Kier molecular flexibility index (Phi) is 5.34. The van der Waals surface area contributed by atoms with Gasteiger partial charge in [-0.05, 0) is 47.9 Å². The van der Waals surface area contributed by atoms with Gasteiger partial charge < -0.3 is 10.3 Å². The van der Waals surface area contributed by atoms with Gasteiger partial charge in [0.2, 0.25) is 11.5 Å². The molecule has 1 aromatic carbocycles. The molecule has 0 fully saturated rings. The van der Waals surface area contributed by atoms with Crippen LogP contribution in [0.15, 0.2) is 66.0 Å². The van der Waals surface area contributed by atoms with Gasteiger partial charge in [-0.15, -0.1) is 0 Å². The van der Waals surface area contributed by atoms with Gasteiger partial charge in [0.25, 0.3) is 6.43 Å². The summed E-state index contributed by atoms with van der Waals surface area (Å²) in [4.78, 5) is 21.9. The van der Waals surface area contributed by atoms with Crippen molar-refractivity contribution in [2.75, 3.05) is 5.32 Å². The van der Waals surface area contributed by atoms with E-state index in [9.17, 15) is 13.6 Å². The fourth-order valence-corrected chi connectivity index (χ4v) is 3.08. The topological polar surface area (TPSA) is 88.5 Å². The fraction of sp³-hybridized carbons (Fsp3) is 0.143. The van der Waals surface area contributed by atoms with E-state index in [4.69, 9.17) is 0 Å². The second kappa shape index (κ2) is 8.24. The van der Waals surface area contributed by atoms with Crippen LogP contribution >= 0.6 is 0 Å². The zero-order valence-electron chi connectivity index (χ0n) is 16.0. The van der Waals surface area contributed by atoms with Crippen LogP contribution < -0.4 is 10.9 Å². The van der Waals surface area contributed by atoms with Crippen molar-refractivity contribution in [3.8, 4) is 11.1 Å². The molecule has 30 heavy (non-hydrogen) atoms. The van der Waals surface area contributed by atoms with Gasteiger partial charge >= 0.3 is 0 Å². The largest absolute Gasteiger partial charge is 0.329 e. The van der Waals surface area contributed by atoms with Gasteiger partial charge in [-0.25, -0.2) is 18.7 Å². The number of aryl methyl sites for hydroxylation is 1. The second-order valence-corrected chi connectivity index (χ2v) is 6.81. The van der Waals surface area contributed by atoms with Gasteiger partial charge in [-0.3, -0.25) is 9.48 Å². The van der Waals surface area contributed by atoms with Crippen LogP contribution in [0, 0.1) is 6.92 Å². The molecule has 0 spiro atoms. The Balaban J connectivity index is 1.57. The summed E-state index contributed by atoms with van der Waals surface area (Å²) >= 11 is 0. The van der Waals surface area contributed by atoms with E-state index in [0.717, 1.165) is 22.3 Å². The zero-order chi connectivity index (χ0) is 21.1. The first-order valence-corrected chi connectivity index (χ1v) is 9.16.